The summed E-state index contributed by atoms with van der Waals surface area (Å²) in [6, 6.07) is 9.92. The highest BCUT2D eigenvalue weighted by molar-refractivity contribution is 5.70. The highest BCUT2D eigenvalue weighted by Gasteiger charge is 2.15. The molecule has 1 aromatic rings. The number of carbonyl (C=O) groups excluding carboxylic acids is 1. The summed E-state index contributed by atoms with van der Waals surface area (Å²) in [5.41, 5.74) is 1.16. The highest BCUT2D eigenvalue weighted by atomic mass is 16.5. The molecule has 0 amide bonds. The van der Waals surface area contributed by atoms with Gasteiger partial charge < -0.3 is 15.2 Å². The SMILES string of the molecule is CCOC(=O)CC(C)NC(CO)Cc1ccccc1. The van der Waals surface area contributed by atoms with Crippen LogP contribution in [-0.2, 0) is 16.0 Å². The quantitative estimate of drug-likeness (QED) is 0.700. The second kappa shape index (κ2) is 8.67. The molecule has 1 rings (SSSR count). The second-order valence-corrected chi connectivity index (χ2v) is 4.65. The van der Waals surface area contributed by atoms with E-state index in [0.29, 0.717) is 13.0 Å². The van der Waals surface area contributed by atoms with Crippen molar-refractivity contribution < 1.29 is 14.6 Å². The first-order valence-electron chi connectivity index (χ1n) is 6.72. The molecule has 2 N–H and O–H groups in total. The Morgan fingerprint density at radius 2 is 2.05 bits per heavy atom. The van der Waals surface area contributed by atoms with Gasteiger partial charge in [0, 0.05) is 12.1 Å². The van der Waals surface area contributed by atoms with E-state index in [4.69, 9.17) is 4.74 Å². The molecule has 106 valence electrons. The molecule has 2 atom stereocenters. The maximum Gasteiger partial charge on any atom is 0.307 e. The molecule has 0 saturated carbocycles. The van der Waals surface area contributed by atoms with Crippen LogP contribution in [0.25, 0.3) is 0 Å². The summed E-state index contributed by atoms with van der Waals surface area (Å²) in [4.78, 5) is 11.4. The molecule has 0 radical (unpaired) electrons. The molecule has 4 heteroatoms. The predicted molar refractivity (Wildman–Crippen MR) is 74.9 cm³/mol. The van der Waals surface area contributed by atoms with E-state index in [1.54, 1.807) is 6.92 Å². The summed E-state index contributed by atoms with van der Waals surface area (Å²) >= 11 is 0. The van der Waals surface area contributed by atoms with Gasteiger partial charge in [-0.25, -0.2) is 0 Å². The molecule has 2 unspecified atom stereocenters. The standard InChI is InChI=1S/C15H23NO3/c1-3-19-15(18)9-12(2)16-14(11-17)10-13-7-5-4-6-8-13/h4-8,12,14,16-17H,3,9-11H2,1-2H3. The molecule has 0 aliphatic carbocycles. The van der Waals surface area contributed by atoms with Gasteiger partial charge in [0.25, 0.3) is 0 Å². The number of hydrogen-bond acceptors (Lipinski definition) is 4. The summed E-state index contributed by atoms with van der Waals surface area (Å²) in [5.74, 6) is -0.209. The van der Waals surface area contributed by atoms with Crippen LogP contribution >= 0.6 is 0 Å². The lowest BCUT2D eigenvalue weighted by molar-refractivity contribution is -0.143. The summed E-state index contributed by atoms with van der Waals surface area (Å²) in [6.45, 7) is 4.16. The van der Waals surface area contributed by atoms with Gasteiger partial charge in [0.05, 0.1) is 19.6 Å². The largest absolute Gasteiger partial charge is 0.466 e. The van der Waals surface area contributed by atoms with Crippen LogP contribution < -0.4 is 5.32 Å². The van der Waals surface area contributed by atoms with Crippen LogP contribution in [0.5, 0.6) is 0 Å². The molecule has 0 fully saturated rings. The zero-order chi connectivity index (χ0) is 14.1. The normalized spacial score (nSPS) is 13.8. The maximum absolute atomic E-state index is 11.4. The summed E-state index contributed by atoms with van der Waals surface area (Å²) in [7, 11) is 0. The van der Waals surface area contributed by atoms with Crippen molar-refractivity contribution in [1.82, 2.24) is 5.32 Å². The zero-order valence-electron chi connectivity index (χ0n) is 11.6. The fourth-order valence-corrected chi connectivity index (χ4v) is 2.01. The van der Waals surface area contributed by atoms with Gasteiger partial charge >= 0.3 is 5.97 Å². The molecule has 19 heavy (non-hydrogen) atoms. The van der Waals surface area contributed by atoms with Gasteiger partial charge in [-0.3, -0.25) is 4.79 Å². The summed E-state index contributed by atoms with van der Waals surface area (Å²) in [6.07, 6.45) is 1.06. The van der Waals surface area contributed by atoms with Crippen molar-refractivity contribution >= 4 is 5.97 Å². The predicted octanol–water partition coefficient (Wildman–Crippen LogP) is 1.52. The minimum atomic E-state index is -0.209. The van der Waals surface area contributed by atoms with Crippen molar-refractivity contribution in [3.63, 3.8) is 0 Å². The molecule has 1 aromatic carbocycles. The number of esters is 1. The van der Waals surface area contributed by atoms with E-state index in [-0.39, 0.29) is 24.7 Å². The lowest BCUT2D eigenvalue weighted by Gasteiger charge is -2.21. The number of carbonyl (C=O) groups is 1. The first-order chi connectivity index (χ1) is 9.15. The first-order valence-corrected chi connectivity index (χ1v) is 6.72. The number of hydrogen-bond donors (Lipinski definition) is 2. The molecular formula is C15H23NO3. The van der Waals surface area contributed by atoms with Crippen molar-refractivity contribution in [1.29, 1.82) is 0 Å². The van der Waals surface area contributed by atoms with Gasteiger partial charge in [-0.05, 0) is 25.8 Å². The molecule has 0 bridgehead atoms. The minimum Gasteiger partial charge on any atom is -0.466 e. The first kappa shape index (κ1) is 15.7. The van der Waals surface area contributed by atoms with Gasteiger partial charge in [0.1, 0.15) is 0 Å². The Balaban J connectivity index is 2.41. The fourth-order valence-electron chi connectivity index (χ4n) is 2.01. The van der Waals surface area contributed by atoms with Gasteiger partial charge in [0.15, 0.2) is 0 Å². The summed E-state index contributed by atoms with van der Waals surface area (Å²) < 4.78 is 4.90. The lowest BCUT2D eigenvalue weighted by atomic mass is 10.1. The third kappa shape index (κ3) is 6.36. The molecule has 0 aliphatic heterocycles. The average Bonchev–Trinajstić information content (AvgIpc) is 2.39. The smallest absolute Gasteiger partial charge is 0.307 e. The van der Waals surface area contributed by atoms with Gasteiger partial charge in [-0.1, -0.05) is 30.3 Å². The Kier molecular flexibility index (Phi) is 7.15. The summed E-state index contributed by atoms with van der Waals surface area (Å²) in [5, 5.41) is 12.6. The van der Waals surface area contributed by atoms with Crippen LogP contribution in [0, 0.1) is 0 Å². The van der Waals surface area contributed by atoms with Crippen molar-refractivity contribution in [2.24, 2.45) is 0 Å². The van der Waals surface area contributed by atoms with Gasteiger partial charge in [-0.15, -0.1) is 0 Å². The van der Waals surface area contributed by atoms with Gasteiger partial charge in [0.2, 0.25) is 0 Å². The number of nitrogens with one attached hydrogen (secondary N) is 1. The molecule has 0 saturated heterocycles. The van der Waals surface area contributed by atoms with Crippen molar-refractivity contribution in [2.45, 2.75) is 38.8 Å². The molecule has 0 spiro atoms. The lowest BCUT2D eigenvalue weighted by Crippen LogP contribution is -2.41. The van der Waals surface area contributed by atoms with Crippen LogP contribution in [0.2, 0.25) is 0 Å². The number of aliphatic hydroxyl groups is 1. The van der Waals surface area contributed by atoms with E-state index in [9.17, 15) is 9.90 Å². The number of benzene rings is 1. The Morgan fingerprint density at radius 1 is 1.37 bits per heavy atom. The van der Waals surface area contributed by atoms with Crippen LogP contribution in [-0.4, -0.2) is 36.4 Å². The molecular weight excluding hydrogens is 242 g/mol. The molecule has 0 aromatic heterocycles. The van der Waals surface area contributed by atoms with Crippen molar-refractivity contribution in [3.8, 4) is 0 Å². The van der Waals surface area contributed by atoms with E-state index < -0.39 is 0 Å². The molecule has 0 aliphatic rings. The zero-order valence-corrected chi connectivity index (χ0v) is 11.6. The second-order valence-electron chi connectivity index (χ2n) is 4.65. The highest BCUT2D eigenvalue weighted by Crippen LogP contribution is 2.05. The van der Waals surface area contributed by atoms with Crippen LogP contribution in [0.3, 0.4) is 0 Å². The average molecular weight is 265 g/mol. The Labute approximate surface area is 114 Å². The van der Waals surface area contributed by atoms with E-state index in [2.05, 4.69) is 5.32 Å². The minimum absolute atomic E-state index is 0.0140. The fraction of sp³-hybridized carbons (Fsp3) is 0.533. The molecule has 0 heterocycles. The monoisotopic (exact) mass is 265 g/mol. The van der Waals surface area contributed by atoms with Crippen LogP contribution in [0.4, 0.5) is 0 Å². The number of rotatable bonds is 8. The van der Waals surface area contributed by atoms with E-state index in [1.807, 2.05) is 37.3 Å². The molecule has 4 nitrogen and oxygen atoms in total. The Bertz CT molecular complexity index is 367. The third-order valence-electron chi connectivity index (χ3n) is 2.84. The van der Waals surface area contributed by atoms with E-state index in [0.717, 1.165) is 12.0 Å². The number of ether oxygens (including phenoxy) is 1. The third-order valence-corrected chi connectivity index (χ3v) is 2.84. The van der Waals surface area contributed by atoms with E-state index >= 15 is 0 Å². The topological polar surface area (TPSA) is 58.6 Å². The Morgan fingerprint density at radius 3 is 2.63 bits per heavy atom. The van der Waals surface area contributed by atoms with Crippen LogP contribution in [0.1, 0.15) is 25.8 Å². The Hall–Kier alpha value is -1.39. The van der Waals surface area contributed by atoms with E-state index in [1.165, 1.54) is 0 Å². The van der Waals surface area contributed by atoms with Crippen LogP contribution in [0.15, 0.2) is 30.3 Å². The van der Waals surface area contributed by atoms with Crippen molar-refractivity contribution in [2.75, 3.05) is 13.2 Å². The van der Waals surface area contributed by atoms with Crippen molar-refractivity contribution in [3.05, 3.63) is 35.9 Å². The maximum atomic E-state index is 11.4. The van der Waals surface area contributed by atoms with Gasteiger partial charge in [-0.2, -0.15) is 0 Å². The number of aliphatic hydroxyl groups excluding tert-OH is 1.